The Morgan fingerprint density at radius 1 is 1.25 bits per heavy atom. The number of amides is 1. The summed E-state index contributed by atoms with van der Waals surface area (Å²) in [5, 5.41) is 7.12. The van der Waals surface area contributed by atoms with Crippen molar-refractivity contribution < 1.29 is 41.0 Å². The first-order valence-electron chi connectivity index (χ1n) is 10.2. The van der Waals surface area contributed by atoms with E-state index in [1.807, 2.05) is 25.1 Å². The fourth-order valence-electron chi connectivity index (χ4n) is 4.04. The van der Waals surface area contributed by atoms with Gasteiger partial charge in [0.05, 0.1) is 24.7 Å². The maximum Gasteiger partial charge on any atom is 0.490 e. The van der Waals surface area contributed by atoms with E-state index >= 15 is 0 Å². The van der Waals surface area contributed by atoms with E-state index in [0.29, 0.717) is 32.7 Å². The minimum Gasteiger partial charge on any atom is -0.475 e. The third-order valence-corrected chi connectivity index (χ3v) is 8.61. The molecule has 1 atom stereocenters. The lowest BCUT2D eigenvalue weighted by molar-refractivity contribution is -0.192. The highest BCUT2D eigenvalue weighted by molar-refractivity contribution is 7.93. The molecule has 1 aromatic heterocycles. The summed E-state index contributed by atoms with van der Waals surface area (Å²) in [6, 6.07) is 5.78. The van der Waals surface area contributed by atoms with Crippen molar-refractivity contribution in [3.63, 3.8) is 0 Å². The fourth-order valence-corrected chi connectivity index (χ4v) is 6.44. The van der Waals surface area contributed by atoms with E-state index in [9.17, 15) is 26.4 Å². The molecular formula is C20H25F3N2O6S. The predicted octanol–water partition coefficient (Wildman–Crippen LogP) is 1.97. The van der Waals surface area contributed by atoms with Crippen molar-refractivity contribution in [3.8, 4) is 0 Å². The Morgan fingerprint density at radius 2 is 1.88 bits per heavy atom. The van der Waals surface area contributed by atoms with Gasteiger partial charge in [0.1, 0.15) is 4.75 Å². The fraction of sp³-hybridized carbons (Fsp3) is 0.650. The van der Waals surface area contributed by atoms with Crippen LogP contribution in [0, 0.1) is 18.8 Å². The minimum atomic E-state index is -5.08. The highest BCUT2D eigenvalue weighted by atomic mass is 32.2. The van der Waals surface area contributed by atoms with Crippen LogP contribution in [-0.2, 0) is 30.8 Å². The summed E-state index contributed by atoms with van der Waals surface area (Å²) >= 11 is 0. The van der Waals surface area contributed by atoms with Crippen LogP contribution in [0.25, 0.3) is 0 Å². The van der Waals surface area contributed by atoms with E-state index in [1.54, 1.807) is 4.90 Å². The van der Waals surface area contributed by atoms with Crippen LogP contribution in [0.5, 0.6) is 0 Å². The molecule has 0 aromatic carbocycles. The van der Waals surface area contributed by atoms with Gasteiger partial charge in [-0.3, -0.25) is 9.78 Å². The summed E-state index contributed by atoms with van der Waals surface area (Å²) in [6.45, 7) is 3.42. The first kappa shape index (κ1) is 24.4. The van der Waals surface area contributed by atoms with Gasteiger partial charge < -0.3 is 14.7 Å². The topological polar surface area (TPSA) is 114 Å². The number of carboxylic acid groups (broad SMARTS) is 1. The Morgan fingerprint density at radius 3 is 2.41 bits per heavy atom. The number of sulfone groups is 1. The number of hydrogen-bond acceptors (Lipinski definition) is 6. The molecule has 4 rings (SSSR count). The molecule has 3 aliphatic rings. The smallest absolute Gasteiger partial charge is 0.475 e. The zero-order chi connectivity index (χ0) is 23.7. The van der Waals surface area contributed by atoms with Crippen molar-refractivity contribution in [1.29, 1.82) is 0 Å². The van der Waals surface area contributed by atoms with Crippen LogP contribution in [0.2, 0.25) is 0 Å². The summed E-state index contributed by atoms with van der Waals surface area (Å²) in [4.78, 5) is 27.2. The van der Waals surface area contributed by atoms with Gasteiger partial charge in [-0.05, 0) is 38.3 Å². The highest BCUT2D eigenvalue weighted by Crippen LogP contribution is 2.46. The van der Waals surface area contributed by atoms with Gasteiger partial charge in [0.2, 0.25) is 5.91 Å². The number of pyridine rings is 1. The Bertz CT molecular complexity index is 972. The highest BCUT2D eigenvalue weighted by Gasteiger charge is 2.63. The molecule has 1 aliphatic carbocycles. The molecule has 1 N–H and O–H groups in total. The SMILES string of the molecule is Cc1cccc(COCC2CCS(=O)(=O)C23CN(C(=O)C2CC2)C3)n1.O=C(O)C(F)(F)F. The average Bonchev–Trinajstić information content (AvgIpc) is 3.45. The normalized spacial score (nSPS) is 23.2. The van der Waals surface area contributed by atoms with Gasteiger partial charge in [0.15, 0.2) is 9.84 Å². The van der Waals surface area contributed by atoms with Crippen molar-refractivity contribution >= 4 is 21.7 Å². The Balaban J connectivity index is 0.000000360. The second-order valence-corrected chi connectivity index (χ2v) is 10.9. The van der Waals surface area contributed by atoms with Crippen LogP contribution < -0.4 is 0 Å². The number of carbonyl (C=O) groups is 2. The molecule has 1 amide bonds. The van der Waals surface area contributed by atoms with Crippen LogP contribution in [0.15, 0.2) is 18.2 Å². The van der Waals surface area contributed by atoms with E-state index in [1.165, 1.54) is 0 Å². The van der Waals surface area contributed by atoms with Gasteiger partial charge >= 0.3 is 12.1 Å². The molecular weight excluding hydrogens is 453 g/mol. The molecule has 0 bridgehead atoms. The number of aryl methyl sites for hydroxylation is 1. The third kappa shape index (κ3) is 5.22. The van der Waals surface area contributed by atoms with Gasteiger partial charge in [-0.15, -0.1) is 0 Å². The first-order chi connectivity index (χ1) is 14.9. The van der Waals surface area contributed by atoms with E-state index < -0.39 is 26.7 Å². The molecule has 1 saturated carbocycles. The lowest BCUT2D eigenvalue weighted by Gasteiger charge is -2.50. The number of aromatic nitrogens is 1. The zero-order valence-electron chi connectivity index (χ0n) is 17.5. The number of carbonyl (C=O) groups excluding carboxylic acids is 1. The van der Waals surface area contributed by atoms with Crippen LogP contribution >= 0.6 is 0 Å². The van der Waals surface area contributed by atoms with Gasteiger partial charge in [-0.1, -0.05) is 6.07 Å². The summed E-state index contributed by atoms with van der Waals surface area (Å²) < 4.78 is 62.0. The number of alkyl halides is 3. The molecule has 1 spiro atoms. The molecule has 3 fully saturated rings. The second-order valence-electron chi connectivity index (χ2n) is 8.43. The van der Waals surface area contributed by atoms with Gasteiger partial charge in [0, 0.05) is 30.6 Å². The number of likely N-dealkylation sites (tertiary alicyclic amines) is 1. The Hall–Kier alpha value is -2.21. The van der Waals surface area contributed by atoms with Crippen molar-refractivity contribution in [2.75, 3.05) is 25.4 Å². The number of hydrogen-bond donors (Lipinski definition) is 1. The first-order valence-corrected chi connectivity index (χ1v) is 11.8. The monoisotopic (exact) mass is 478 g/mol. The zero-order valence-corrected chi connectivity index (χ0v) is 18.3. The van der Waals surface area contributed by atoms with E-state index in [2.05, 4.69) is 4.98 Å². The van der Waals surface area contributed by atoms with E-state index in [0.717, 1.165) is 24.2 Å². The summed E-state index contributed by atoms with van der Waals surface area (Å²) in [5.74, 6) is -2.31. The number of nitrogens with zero attached hydrogens (tertiary/aromatic N) is 2. The van der Waals surface area contributed by atoms with Crippen molar-refractivity contribution in [3.05, 3.63) is 29.6 Å². The second kappa shape index (κ2) is 8.97. The lowest BCUT2D eigenvalue weighted by atomic mass is 9.83. The van der Waals surface area contributed by atoms with Gasteiger partial charge in [-0.2, -0.15) is 13.2 Å². The van der Waals surface area contributed by atoms with Crippen LogP contribution in [0.4, 0.5) is 13.2 Å². The minimum absolute atomic E-state index is 0.0365. The summed E-state index contributed by atoms with van der Waals surface area (Å²) in [6.07, 6.45) is -2.56. The summed E-state index contributed by atoms with van der Waals surface area (Å²) in [5.41, 5.74) is 1.79. The Labute approximate surface area is 183 Å². The van der Waals surface area contributed by atoms with Crippen molar-refractivity contribution in [2.45, 2.75) is 43.7 Å². The maximum atomic E-state index is 12.6. The van der Waals surface area contributed by atoms with Crippen LogP contribution in [0.3, 0.4) is 0 Å². The quantitative estimate of drug-likeness (QED) is 0.688. The molecule has 178 valence electrons. The molecule has 0 radical (unpaired) electrons. The standard InChI is InChI=1S/C18H24N2O4S.C2HF3O2/c1-13-3-2-4-16(19-13)10-24-9-15-7-8-25(22,23)18(15)11-20(12-18)17(21)14-5-6-14;3-2(4,5)1(6)7/h2-4,14-15H,5-12H2,1H3;(H,6,7). The molecule has 2 saturated heterocycles. The van der Waals surface area contributed by atoms with E-state index in [4.69, 9.17) is 14.6 Å². The number of halogens is 3. The molecule has 8 nitrogen and oxygen atoms in total. The largest absolute Gasteiger partial charge is 0.490 e. The number of aliphatic carboxylic acids is 1. The van der Waals surface area contributed by atoms with Crippen LogP contribution in [-0.4, -0.2) is 71.7 Å². The predicted molar refractivity (Wildman–Crippen MR) is 106 cm³/mol. The number of rotatable bonds is 5. The third-order valence-electron chi connectivity index (χ3n) is 6.01. The van der Waals surface area contributed by atoms with Gasteiger partial charge in [-0.25, -0.2) is 13.2 Å². The molecule has 32 heavy (non-hydrogen) atoms. The van der Waals surface area contributed by atoms with E-state index in [-0.39, 0.29) is 23.5 Å². The molecule has 2 aliphatic heterocycles. The maximum absolute atomic E-state index is 12.6. The molecule has 3 heterocycles. The average molecular weight is 478 g/mol. The van der Waals surface area contributed by atoms with Crippen LogP contribution in [0.1, 0.15) is 30.7 Å². The molecule has 12 heteroatoms. The lowest BCUT2D eigenvalue weighted by Crippen LogP contribution is -2.69. The number of ether oxygens (including phenoxy) is 1. The molecule has 1 unspecified atom stereocenters. The Kier molecular flexibility index (Phi) is 6.85. The number of carboxylic acids is 1. The molecule has 1 aromatic rings. The van der Waals surface area contributed by atoms with Crippen molar-refractivity contribution in [1.82, 2.24) is 9.88 Å². The summed E-state index contributed by atoms with van der Waals surface area (Å²) in [7, 11) is -3.16. The van der Waals surface area contributed by atoms with Gasteiger partial charge in [0.25, 0.3) is 0 Å². The van der Waals surface area contributed by atoms with Crippen molar-refractivity contribution in [2.24, 2.45) is 11.8 Å².